The number of anilines is 1. The molecule has 1 aromatic rings. The molecule has 1 saturated heterocycles. The van der Waals surface area contributed by atoms with Crippen molar-refractivity contribution in [3.63, 3.8) is 0 Å². The molecular weight excluding hydrogens is 256 g/mol. The van der Waals surface area contributed by atoms with Crippen LogP contribution >= 0.6 is 0 Å². The molecule has 0 saturated carbocycles. The first-order valence-electron chi connectivity index (χ1n) is 7.14. The van der Waals surface area contributed by atoms with Gasteiger partial charge in [0.1, 0.15) is 6.04 Å². The molecule has 0 aromatic carbocycles. The van der Waals surface area contributed by atoms with Crippen LogP contribution in [0.4, 0.5) is 5.95 Å². The average Bonchev–Trinajstić information content (AvgIpc) is 2.95. The zero-order chi connectivity index (χ0) is 14.4. The second-order valence-electron chi connectivity index (χ2n) is 5.26. The Kier molecular flexibility index (Phi) is 5.29. The predicted octanol–water partition coefficient (Wildman–Crippen LogP) is 0.580. The lowest BCUT2D eigenvalue weighted by Crippen LogP contribution is -2.45. The molecule has 2 rings (SSSR count). The van der Waals surface area contributed by atoms with Gasteiger partial charge < -0.3 is 15.3 Å². The van der Waals surface area contributed by atoms with Gasteiger partial charge in [0.05, 0.1) is 0 Å². The SMILES string of the molecule is CC(CCO)CNC(=O)C1CCCN1c1ncccn1. The fourth-order valence-electron chi connectivity index (χ4n) is 2.43. The molecular formula is C14H22N4O2. The van der Waals surface area contributed by atoms with E-state index >= 15 is 0 Å². The second-order valence-corrected chi connectivity index (χ2v) is 5.26. The molecule has 2 heterocycles. The number of aromatic nitrogens is 2. The Morgan fingerprint density at radius 3 is 3.00 bits per heavy atom. The average molecular weight is 278 g/mol. The highest BCUT2D eigenvalue weighted by Crippen LogP contribution is 2.21. The quantitative estimate of drug-likeness (QED) is 0.796. The molecule has 2 N–H and O–H groups in total. The summed E-state index contributed by atoms with van der Waals surface area (Å²) < 4.78 is 0. The van der Waals surface area contributed by atoms with Crippen molar-refractivity contribution in [2.45, 2.75) is 32.2 Å². The van der Waals surface area contributed by atoms with E-state index in [9.17, 15) is 4.79 Å². The van der Waals surface area contributed by atoms with E-state index in [0.717, 1.165) is 19.4 Å². The number of aliphatic hydroxyl groups is 1. The number of aliphatic hydroxyl groups excluding tert-OH is 1. The third kappa shape index (κ3) is 3.66. The van der Waals surface area contributed by atoms with Crippen molar-refractivity contribution in [3.8, 4) is 0 Å². The number of carbonyl (C=O) groups excluding carboxylic acids is 1. The van der Waals surface area contributed by atoms with Gasteiger partial charge in [-0.1, -0.05) is 6.92 Å². The molecule has 1 aromatic heterocycles. The molecule has 2 atom stereocenters. The molecule has 110 valence electrons. The third-order valence-corrected chi connectivity index (χ3v) is 3.61. The van der Waals surface area contributed by atoms with Crippen LogP contribution in [0.5, 0.6) is 0 Å². The monoisotopic (exact) mass is 278 g/mol. The van der Waals surface area contributed by atoms with Gasteiger partial charge in [-0.15, -0.1) is 0 Å². The van der Waals surface area contributed by atoms with Crippen LogP contribution in [0, 0.1) is 5.92 Å². The lowest BCUT2D eigenvalue weighted by molar-refractivity contribution is -0.122. The van der Waals surface area contributed by atoms with Gasteiger partial charge in [-0.05, 0) is 31.2 Å². The largest absolute Gasteiger partial charge is 0.396 e. The van der Waals surface area contributed by atoms with Crippen LogP contribution < -0.4 is 10.2 Å². The molecule has 6 heteroatoms. The summed E-state index contributed by atoms with van der Waals surface area (Å²) in [5.41, 5.74) is 0. The topological polar surface area (TPSA) is 78.4 Å². The van der Waals surface area contributed by atoms with Gasteiger partial charge in [-0.2, -0.15) is 0 Å². The normalized spacial score (nSPS) is 19.9. The van der Waals surface area contributed by atoms with Crippen molar-refractivity contribution in [3.05, 3.63) is 18.5 Å². The summed E-state index contributed by atoms with van der Waals surface area (Å²) in [7, 11) is 0. The number of nitrogens with zero attached hydrogens (tertiary/aromatic N) is 3. The summed E-state index contributed by atoms with van der Waals surface area (Å²) in [4.78, 5) is 22.7. The zero-order valence-corrected chi connectivity index (χ0v) is 11.8. The van der Waals surface area contributed by atoms with Gasteiger partial charge in [0, 0.05) is 32.1 Å². The molecule has 1 fully saturated rings. The van der Waals surface area contributed by atoms with E-state index in [1.807, 2.05) is 11.8 Å². The first kappa shape index (κ1) is 14.7. The van der Waals surface area contributed by atoms with Gasteiger partial charge in [-0.25, -0.2) is 9.97 Å². The van der Waals surface area contributed by atoms with E-state index in [1.165, 1.54) is 0 Å². The van der Waals surface area contributed by atoms with E-state index in [0.29, 0.717) is 18.9 Å². The number of hydrogen-bond acceptors (Lipinski definition) is 5. The number of hydrogen-bond donors (Lipinski definition) is 2. The van der Waals surface area contributed by atoms with Gasteiger partial charge in [0.15, 0.2) is 0 Å². The van der Waals surface area contributed by atoms with E-state index < -0.39 is 0 Å². The number of nitrogens with one attached hydrogen (secondary N) is 1. The maximum atomic E-state index is 12.3. The molecule has 0 spiro atoms. The molecule has 2 unspecified atom stereocenters. The van der Waals surface area contributed by atoms with Crippen LogP contribution in [0.2, 0.25) is 0 Å². The van der Waals surface area contributed by atoms with Gasteiger partial charge in [0.25, 0.3) is 0 Å². The molecule has 1 aliphatic rings. The van der Waals surface area contributed by atoms with Crippen molar-refractivity contribution < 1.29 is 9.90 Å². The fraction of sp³-hybridized carbons (Fsp3) is 0.643. The predicted molar refractivity (Wildman–Crippen MR) is 76.3 cm³/mol. The fourth-order valence-corrected chi connectivity index (χ4v) is 2.43. The number of amides is 1. The van der Waals surface area contributed by atoms with Crippen molar-refractivity contribution in [1.82, 2.24) is 15.3 Å². The summed E-state index contributed by atoms with van der Waals surface area (Å²) in [6.45, 7) is 3.58. The van der Waals surface area contributed by atoms with Crippen molar-refractivity contribution in [1.29, 1.82) is 0 Å². The molecule has 6 nitrogen and oxygen atoms in total. The van der Waals surface area contributed by atoms with Crippen molar-refractivity contribution in [2.24, 2.45) is 5.92 Å². The van der Waals surface area contributed by atoms with Crippen molar-refractivity contribution in [2.75, 3.05) is 24.6 Å². The molecule has 1 amide bonds. The lowest BCUT2D eigenvalue weighted by Gasteiger charge is -2.24. The molecule has 1 aliphatic heterocycles. The molecule has 0 radical (unpaired) electrons. The highest BCUT2D eigenvalue weighted by Gasteiger charge is 2.32. The standard InChI is InChI=1S/C14H22N4O2/c1-11(5-9-19)10-17-13(20)12-4-2-8-18(12)14-15-6-3-7-16-14/h3,6-7,11-12,19H,2,4-5,8-10H2,1H3,(H,17,20). The smallest absolute Gasteiger partial charge is 0.242 e. The van der Waals surface area contributed by atoms with Crippen LogP contribution in [0.15, 0.2) is 18.5 Å². The summed E-state index contributed by atoms with van der Waals surface area (Å²) >= 11 is 0. The minimum absolute atomic E-state index is 0.0275. The van der Waals surface area contributed by atoms with Crippen LogP contribution in [0.3, 0.4) is 0 Å². The van der Waals surface area contributed by atoms with Crippen molar-refractivity contribution >= 4 is 11.9 Å². The summed E-state index contributed by atoms with van der Waals surface area (Å²) in [6.07, 6.45) is 5.90. The summed E-state index contributed by atoms with van der Waals surface area (Å²) in [5, 5.41) is 11.8. The summed E-state index contributed by atoms with van der Waals surface area (Å²) in [6, 6.07) is 1.59. The Morgan fingerprint density at radius 1 is 1.55 bits per heavy atom. The van der Waals surface area contributed by atoms with Gasteiger partial charge >= 0.3 is 0 Å². The van der Waals surface area contributed by atoms with Crippen LogP contribution in [0.1, 0.15) is 26.2 Å². The highest BCUT2D eigenvalue weighted by molar-refractivity contribution is 5.85. The first-order valence-corrected chi connectivity index (χ1v) is 7.14. The first-order chi connectivity index (χ1) is 9.72. The van der Waals surface area contributed by atoms with Crippen LogP contribution in [0.25, 0.3) is 0 Å². The number of rotatable bonds is 6. The third-order valence-electron chi connectivity index (χ3n) is 3.61. The number of carbonyl (C=O) groups is 1. The van der Waals surface area contributed by atoms with Crippen LogP contribution in [-0.2, 0) is 4.79 Å². The van der Waals surface area contributed by atoms with Gasteiger partial charge in [0.2, 0.25) is 11.9 Å². The van der Waals surface area contributed by atoms with Gasteiger partial charge in [-0.3, -0.25) is 4.79 Å². The maximum absolute atomic E-state index is 12.3. The Bertz CT molecular complexity index is 426. The lowest BCUT2D eigenvalue weighted by atomic mass is 10.1. The van der Waals surface area contributed by atoms with Crippen LogP contribution in [-0.4, -0.2) is 46.7 Å². The Hall–Kier alpha value is -1.69. The van der Waals surface area contributed by atoms with E-state index in [1.54, 1.807) is 18.5 Å². The Balaban J connectivity index is 1.92. The maximum Gasteiger partial charge on any atom is 0.242 e. The Labute approximate surface area is 119 Å². The molecule has 0 bridgehead atoms. The highest BCUT2D eigenvalue weighted by atomic mass is 16.3. The summed E-state index contributed by atoms with van der Waals surface area (Å²) in [5.74, 6) is 0.931. The minimum atomic E-state index is -0.182. The second kappa shape index (κ2) is 7.19. The van der Waals surface area contributed by atoms with E-state index in [-0.39, 0.29) is 24.5 Å². The minimum Gasteiger partial charge on any atom is -0.396 e. The van der Waals surface area contributed by atoms with E-state index in [2.05, 4.69) is 15.3 Å². The molecule has 0 aliphatic carbocycles. The van der Waals surface area contributed by atoms with E-state index in [4.69, 9.17) is 5.11 Å². The zero-order valence-electron chi connectivity index (χ0n) is 11.8. The Morgan fingerprint density at radius 2 is 2.30 bits per heavy atom. The molecule has 20 heavy (non-hydrogen) atoms.